The van der Waals surface area contributed by atoms with Gasteiger partial charge in [-0.05, 0) is 18.6 Å². The number of hydrogen-bond donors (Lipinski definition) is 0. The van der Waals surface area contributed by atoms with Gasteiger partial charge in [0.1, 0.15) is 0 Å². The Morgan fingerprint density at radius 1 is 1.09 bits per heavy atom. The number of halogens is 1. The summed E-state index contributed by atoms with van der Waals surface area (Å²) in [4.78, 5) is 19.1. The Kier molecular flexibility index (Phi) is 7.27. The summed E-state index contributed by atoms with van der Waals surface area (Å²) in [5.41, 5.74) is 2.61. The zero-order valence-corrected chi connectivity index (χ0v) is 19.7. The smallest absolute Gasteiger partial charge is 0.247 e. The van der Waals surface area contributed by atoms with Gasteiger partial charge in [0.05, 0.1) is 5.69 Å². The molecule has 1 aliphatic heterocycles. The molecule has 0 unspecified atom stereocenters. The van der Waals surface area contributed by atoms with Gasteiger partial charge in [-0.15, -0.1) is 10.2 Å². The lowest BCUT2D eigenvalue weighted by Gasteiger charge is -2.30. The number of hydrogen-bond acceptors (Lipinski definition) is 6. The summed E-state index contributed by atoms with van der Waals surface area (Å²) in [5, 5.41) is 9.85. The van der Waals surface area contributed by atoms with Crippen molar-refractivity contribution in [2.24, 2.45) is 0 Å². The van der Waals surface area contributed by atoms with Crippen LogP contribution in [-0.4, -0.2) is 26.8 Å². The number of ether oxygens (including phenoxy) is 1. The van der Waals surface area contributed by atoms with Crippen molar-refractivity contribution in [1.29, 1.82) is 0 Å². The summed E-state index contributed by atoms with van der Waals surface area (Å²) in [7, 11) is 0. The summed E-state index contributed by atoms with van der Waals surface area (Å²) in [6.45, 7) is 3.71. The molecule has 0 saturated heterocycles. The van der Waals surface area contributed by atoms with Crippen LogP contribution < -0.4 is 9.64 Å². The molecule has 32 heavy (non-hydrogen) atoms. The standard InChI is InChI=1S/C24H25ClN4O2S/c1-3-4-5-10-15-32-24-26-22-21(27-28-24)18-12-7-9-14-20(18)29(16(2)30)23(31-22)17-11-6-8-13-19(17)25/h6-9,11-14,23H,3-5,10,15H2,1-2H3/t23-/m0/s1. The highest BCUT2D eigenvalue weighted by Gasteiger charge is 2.35. The molecule has 0 N–H and O–H groups in total. The minimum absolute atomic E-state index is 0.173. The zero-order valence-electron chi connectivity index (χ0n) is 18.1. The summed E-state index contributed by atoms with van der Waals surface area (Å²) in [6.07, 6.45) is 3.94. The molecule has 0 spiro atoms. The van der Waals surface area contributed by atoms with Crippen molar-refractivity contribution in [3.63, 3.8) is 0 Å². The number of fused-ring (bicyclic) bond motifs is 3. The second kappa shape index (κ2) is 10.3. The van der Waals surface area contributed by atoms with Crippen LogP contribution in [0, 0.1) is 0 Å². The Labute approximate surface area is 197 Å². The molecule has 166 valence electrons. The number of rotatable bonds is 7. The zero-order chi connectivity index (χ0) is 22.5. The van der Waals surface area contributed by atoms with E-state index in [0.717, 1.165) is 17.7 Å². The maximum atomic E-state index is 12.8. The predicted octanol–water partition coefficient (Wildman–Crippen LogP) is 6.31. The third-order valence-electron chi connectivity index (χ3n) is 5.25. The van der Waals surface area contributed by atoms with Crippen LogP contribution in [0.25, 0.3) is 11.3 Å². The van der Waals surface area contributed by atoms with E-state index in [9.17, 15) is 4.79 Å². The number of anilines is 1. The highest BCUT2D eigenvalue weighted by atomic mass is 35.5. The number of aromatic nitrogens is 3. The van der Waals surface area contributed by atoms with Gasteiger partial charge in [-0.25, -0.2) is 0 Å². The van der Waals surface area contributed by atoms with E-state index in [-0.39, 0.29) is 5.91 Å². The molecule has 0 bridgehead atoms. The molecule has 1 aliphatic rings. The maximum Gasteiger partial charge on any atom is 0.247 e. The second-order valence-electron chi connectivity index (χ2n) is 7.56. The van der Waals surface area contributed by atoms with Crippen LogP contribution in [0.1, 0.15) is 51.3 Å². The van der Waals surface area contributed by atoms with Gasteiger partial charge < -0.3 is 4.74 Å². The van der Waals surface area contributed by atoms with Crippen LogP contribution in [0.5, 0.6) is 5.88 Å². The predicted molar refractivity (Wildman–Crippen MR) is 128 cm³/mol. The van der Waals surface area contributed by atoms with Gasteiger partial charge in [0.25, 0.3) is 0 Å². The Morgan fingerprint density at radius 3 is 2.66 bits per heavy atom. The Morgan fingerprint density at radius 2 is 1.88 bits per heavy atom. The van der Waals surface area contributed by atoms with Crippen LogP contribution >= 0.6 is 23.4 Å². The van der Waals surface area contributed by atoms with Gasteiger partial charge in [0.15, 0.2) is 5.69 Å². The number of carbonyl (C=O) groups is 1. The summed E-state index contributed by atoms with van der Waals surface area (Å²) in [6, 6.07) is 14.9. The molecular formula is C24H25ClN4O2S. The third-order valence-corrected chi connectivity index (χ3v) is 6.52. The molecule has 4 rings (SSSR count). The van der Waals surface area contributed by atoms with Gasteiger partial charge in [0.2, 0.25) is 23.2 Å². The van der Waals surface area contributed by atoms with E-state index < -0.39 is 6.23 Å². The van der Waals surface area contributed by atoms with Gasteiger partial charge >= 0.3 is 0 Å². The molecule has 0 radical (unpaired) electrons. The van der Waals surface area contributed by atoms with Crippen molar-refractivity contribution < 1.29 is 9.53 Å². The molecule has 0 fully saturated rings. The Balaban J connectivity index is 1.76. The molecule has 0 aliphatic carbocycles. The van der Waals surface area contributed by atoms with Crippen LogP contribution in [-0.2, 0) is 4.79 Å². The van der Waals surface area contributed by atoms with E-state index in [1.165, 1.54) is 26.2 Å². The monoisotopic (exact) mass is 468 g/mol. The number of para-hydroxylation sites is 1. The fourth-order valence-corrected chi connectivity index (χ4v) is 4.69. The van der Waals surface area contributed by atoms with Crippen molar-refractivity contribution >= 4 is 35.0 Å². The molecule has 1 aromatic heterocycles. The Bertz CT molecular complexity index is 1110. The van der Waals surface area contributed by atoms with Crippen LogP contribution in [0.2, 0.25) is 5.02 Å². The molecule has 2 aromatic carbocycles. The number of nitrogens with zero attached hydrogens (tertiary/aromatic N) is 4. The minimum atomic E-state index is -0.775. The Hall–Kier alpha value is -2.64. The first-order valence-corrected chi connectivity index (χ1v) is 12.1. The summed E-state index contributed by atoms with van der Waals surface area (Å²) < 4.78 is 6.36. The average molecular weight is 469 g/mol. The number of unbranched alkanes of at least 4 members (excludes halogenated alkanes) is 3. The van der Waals surface area contributed by atoms with E-state index >= 15 is 0 Å². The van der Waals surface area contributed by atoms with Crippen LogP contribution in [0.15, 0.2) is 53.7 Å². The highest BCUT2D eigenvalue weighted by molar-refractivity contribution is 7.99. The highest BCUT2D eigenvalue weighted by Crippen LogP contribution is 2.44. The van der Waals surface area contributed by atoms with Gasteiger partial charge in [-0.2, -0.15) is 4.98 Å². The van der Waals surface area contributed by atoms with Gasteiger partial charge in [-0.1, -0.05) is 85.9 Å². The first-order chi connectivity index (χ1) is 15.6. The number of carbonyl (C=O) groups excluding carboxylic acids is 1. The van der Waals surface area contributed by atoms with Crippen molar-refractivity contribution in [3.8, 4) is 17.1 Å². The first kappa shape index (κ1) is 22.6. The van der Waals surface area contributed by atoms with Crippen molar-refractivity contribution in [1.82, 2.24) is 15.2 Å². The minimum Gasteiger partial charge on any atom is -0.447 e. The summed E-state index contributed by atoms with van der Waals surface area (Å²) in [5.74, 6) is 1.09. The normalized spacial score (nSPS) is 14.8. The van der Waals surface area contributed by atoms with Crippen LogP contribution in [0.3, 0.4) is 0 Å². The largest absolute Gasteiger partial charge is 0.447 e. The maximum absolute atomic E-state index is 12.8. The lowest BCUT2D eigenvalue weighted by atomic mass is 10.1. The molecule has 2 heterocycles. The molecule has 6 nitrogen and oxygen atoms in total. The molecule has 1 amide bonds. The average Bonchev–Trinajstić information content (AvgIpc) is 2.93. The molecule has 1 atom stereocenters. The van der Waals surface area contributed by atoms with E-state index in [0.29, 0.717) is 33.0 Å². The SMILES string of the molecule is CCCCCCSc1nnc2c(n1)O[C@@H](c1ccccc1Cl)N(C(C)=O)c1ccccc1-2. The van der Waals surface area contributed by atoms with E-state index in [4.69, 9.17) is 16.3 Å². The third kappa shape index (κ3) is 4.74. The fraction of sp³-hybridized carbons (Fsp3) is 0.333. The lowest BCUT2D eigenvalue weighted by molar-refractivity contribution is -0.118. The molecular weight excluding hydrogens is 444 g/mol. The first-order valence-electron chi connectivity index (χ1n) is 10.8. The lowest BCUT2D eigenvalue weighted by Crippen LogP contribution is -2.36. The van der Waals surface area contributed by atoms with Gasteiger partial charge in [0, 0.05) is 28.8 Å². The summed E-state index contributed by atoms with van der Waals surface area (Å²) >= 11 is 8.07. The van der Waals surface area contributed by atoms with Crippen molar-refractivity contribution in [2.45, 2.75) is 50.9 Å². The number of amides is 1. The number of benzene rings is 2. The second-order valence-corrected chi connectivity index (χ2v) is 9.02. The van der Waals surface area contributed by atoms with E-state index in [2.05, 4.69) is 22.1 Å². The van der Waals surface area contributed by atoms with Crippen molar-refractivity contribution in [2.75, 3.05) is 10.7 Å². The van der Waals surface area contributed by atoms with Crippen LogP contribution in [0.4, 0.5) is 5.69 Å². The quantitative estimate of drug-likeness (QED) is 0.299. The van der Waals surface area contributed by atoms with Crippen molar-refractivity contribution in [3.05, 3.63) is 59.1 Å². The number of thioether (sulfide) groups is 1. The molecule has 3 aromatic rings. The molecule has 8 heteroatoms. The van der Waals surface area contributed by atoms with E-state index in [1.54, 1.807) is 22.7 Å². The topological polar surface area (TPSA) is 68.2 Å². The molecule has 0 saturated carbocycles. The van der Waals surface area contributed by atoms with E-state index in [1.807, 2.05) is 42.5 Å². The van der Waals surface area contributed by atoms with Gasteiger partial charge in [-0.3, -0.25) is 9.69 Å². The fourth-order valence-electron chi connectivity index (χ4n) is 3.68.